The molecule has 0 fully saturated rings. The summed E-state index contributed by atoms with van der Waals surface area (Å²) in [6.07, 6.45) is 2.63. The van der Waals surface area contributed by atoms with Gasteiger partial charge in [0.1, 0.15) is 29.7 Å². The minimum Gasteiger partial charge on any atom is -0.458 e. The molecule has 222 valence electrons. The summed E-state index contributed by atoms with van der Waals surface area (Å²) in [5.41, 5.74) is 3.08. The third-order valence-corrected chi connectivity index (χ3v) is 8.13. The van der Waals surface area contributed by atoms with E-state index in [1.54, 1.807) is 45.0 Å². The number of fused-ring (bicyclic) bond motifs is 3. The Hall–Kier alpha value is -3.54. The van der Waals surface area contributed by atoms with Crippen molar-refractivity contribution in [2.45, 2.75) is 56.3 Å². The van der Waals surface area contributed by atoms with Crippen LogP contribution in [0.15, 0.2) is 65.7 Å². The molecular weight excluding hydrogens is 590 g/mol. The fourth-order valence-electron chi connectivity index (χ4n) is 5.12. The topological polar surface area (TPSA) is 96.2 Å². The van der Waals surface area contributed by atoms with Gasteiger partial charge >= 0.3 is 12.6 Å². The molecule has 2 aromatic carbocycles. The Bertz CT molecular complexity index is 1750. The van der Waals surface area contributed by atoms with Crippen molar-refractivity contribution in [3.05, 3.63) is 82.8 Å². The van der Waals surface area contributed by atoms with Gasteiger partial charge in [-0.15, -0.1) is 0 Å². The Morgan fingerprint density at radius 2 is 1.79 bits per heavy atom. The zero-order chi connectivity index (χ0) is 30.4. The summed E-state index contributed by atoms with van der Waals surface area (Å²) < 4.78 is 68.6. The summed E-state index contributed by atoms with van der Waals surface area (Å²) in [5, 5.41) is 0.340. The monoisotopic (exact) mass is 618 g/mol. The number of hydrogen-bond donors (Lipinski definition) is 0. The molecule has 2 heterocycles. The van der Waals surface area contributed by atoms with Crippen LogP contribution in [-0.4, -0.2) is 48.8 Å². The number of esters is 1. The average molecular weight is 619 g/mol. The second kappa shape index (κ2) is 11.3. The number of benzene rings is 2. The number of nitrogens with zero attached hydrogens (tertiary/aromatic N) is 2. The Kier molecular flexibility index (Phi) is 8.04. The van der Waals surface area contributed by atoms with Crippen molar-refractivity contribution in [1.29, 1.82) is 0 Å². The van der Waals surface area contributed by atoms with Crippen LogP contribution in [0.1, 0.15) is 56.2 Å². The van der Waals surface area contributed by atoms with Gasteiger partial charge in [-0.3, -0.25) is 0 Å². The number of aromatic nitrogens is 2. The number of carbonyl (C=O) groups excluding carboxylic acids is 1. The maximum absolute atomic E-state index is 13.4. The molecular formula is C30H29ClF2N2O6S. The second-order valence-electron chi connectivity index (χ2n) is 11.1. The third kappa shape index (κ3) is 6.43. The largest absolute Gasteiger partial charge is 0.458 e. The Labute approximate surface area is 247 Å². The maximum atomic E-state index is 13.4. The first kappa shape index (κ1) is 29.9. The molecule has 0 aliphatic heterocycles. The van der Waals surface area contributed by atoms with Gasteiger partial charge in [-0.25, -0.2) is 18.2 Å². The lowest BCUT2D eigenvalue weighted by Gasteiger charge is -2.21. The highest BCUT2D eigenvalue weighted by molar-refractivity contribution is 7.90. The van der Waals surface area contributed by atoms with Crippen LogP contribution in [0.4, 0.5) is 8.78 Å². The van der Waals surface area contributed by atoms with E-state index in [1.807, 2.05) is 16.7 Å². The van der Waals surface area contributed by atoms with Crippen LogP contribution >= 0.6 is 11.6 Å². The molecule has 0 bridgehead atoms. The number of rotatable bonds is 8. The molecule has 0 amide bonds. The van der Waals surface area contributed by atoms with E-state index in [2.05, 4.69) is 0 Å². The summed E-state index contributed by atoms with van der Waals surface area (Å²) in [6.45, 7) is 1.90. The van der Waals surface area contributed by atoms with Gasteiger partial charge in [0.15, 0.2) is 9.84 Å². The molecule has 4 aromatic rings. The zero-order valence-electron chi connectivity index (χ0n) is 23.3. The maximum Gasteiger partial charge on any atom is 0.387 e. The zero-order valence-corrected chi connectivity index (χ0v) is 24.9. The first-order chi connectivity index (χ1) is 19.7. The molecule has 0 N–H and O–H groups in total. The van der Waals surface area contributed by atoms with Gasteiger partial charge in [0, 0.05) is 29.0 Å². The minimum absolute atomic E-state index is 0.0272. The molecule has 42 heavy (non-hydrogen) atoms. The van der Waals surface area contributed by atoms with Gasteiger partial charge in [-0.05, 0) is 80.8 Å². The highest BCUT2D eigenvalue weighted by Crippen LogP contribution is 2.49. The van der Waals surface area contributed by atoms with Crippen molar-refractivity contribution in [1.82, 2.24) is 9.38 Å². The van der Waals surface area contributed by atoms with Gasteiger partial charge in [-0.2, -0.15) is 8.78 Å². The lowest BCUT2D eigenvalue weighted by atomic mass is 9.95. The molecule has 0 radical (unpaired) electrons. The van der Waals surface area contributed by atoms with Crippen molar-refractivity contribution in [3.8, 4) is 16.9 Å². The molecule has 1 aliphatic carbocycles. The van der Waals surface area contributed by atoms with E-state index in [1.165, 1.54) is 24.3 Å². The first-order valence-corrected chi connectivity index (χ1v) is 15.4. The van der Waals surface area contributed by atoms with Crippen molar-refractivity contribution >= 4 is 33.1 Å². The summed E-state index contributed by atoms with van der Waals surface area (Å²) in [6, 6.07) is 14.6. The Balaban J connectivity index is 1.59. The Morgan fingerprint density at radius 3 is 2.43 bits per heavy atom. The fourth-order valence-corrected chi connectivity index (χ4v) is 5.93. The molecule has 8 nitrogen and oxygen atoms in total. The smallest absolute Gasteiger partial charge is 0.387 e. The number of sulfone groups is 1. The standard InChI is InChI=1S/C30H29ClF2N2O6S/c1-30(2,3)41-26(36)16-39-24-14-22(21-13-19(31)8-11-23(21)40-29(32)33)28-27(24)34-25-12-7-18(15-35(25)28)17-5-9-20(10-6-17)42(4,37)38/h5-13,15,22,24,29H,14,16H2,1-4H3/t22-,24-/m1/s1. The SMILES string of the molecule is CC(C)(C)OC(=O)CO[C@@H]1C[C@H](c2cc(Cl)ccc2OC(F)F)c2c1nc1ccc(-c3ccc(S(C)(=O)=O)cc3)cn21. The number of halogens is 3. The second-order valence-corrected chi connectivity index (χ2v) is 13.5. The average Bonchev–Trinajstić information content (AvgIpc) is 3.44. The van der Waals surface area contributed by atoms with Crippen molar-refractivity contribution in [3.63, 3.8) is 0 Å². The van der Waals surface area contributed by atoms with Crippen LogP contribution < -0.4 is 4.74 Å². The van der Waals surface area contributed by atoms with E-state index in [-0.39, 0.29) is 23.7 Å². The van der Waals surface area contributed by atoms with Crippen LogP contribution in [0.5, 0.6) is 5.75 Å². The van der Waals surface area contributed by atoms with Crippen molar-refractivity contribution < 1.29 is 36.2 Å². The summed E-state index contributed by atoms with van der Waals surface area (Å²) >= 11 is 6.30. The lowest BCUT2D eigenvalue weighted by Crippen LogP contribution is -2.27. The molecule has 2 aromatic heterocycles. The van der Waals surface area contributed by atoms with Gasteiger partial charge in [0.05, 0.1) is 16.3 Å². The quantitative estimate of drug-likeness (QED) is 0.205. The number of hydrogen-bond acceptors (Lipinski definition) is 7. The molecule has 0 unspecified atom stereocenters. The predicted octanol–water partition coefficient (Wildman–Crippen LogP) is 6.59. The molecule has 1 aliphatic rings. The van der Waals surface area contributed by atoms with Crippen LogP contribution in [0.2, 0.25) is 5.02 Å². The Morgan fingerprint density at radius 1 is 1.10 bits per heavy atom. The third-order valence-electron chi connectivity index (χ3n) is 6.77. The molecule has 0 saturated heterocycles. The van der Waals surface area contributed by atoms with Crippen molar-refractivity contribution in [2.24, 2.45) is 0 Å². The molecule has 0 spiro atoms. The molecule has 2 atom stereocenters. The molecule has 0 saturated carbocycles. The van der Waals surface area contributed by atoms with E-state index in [4.69, 9.17) is 30.8 Å². The van der Waals surface area contributed by atoms with Gasteiger partial charge < -0.3 is 18.6 Å². The summed E-state index contributed by atoms with van der Waals surface area (Å²) in [7, 11) is -3.36. The van der Waals surface area contributed by atoms with Crippen LogP contribution in [0.3, 0.4) is 0 Å². The predicted molar refractivity (Wildman–Crippen MR) is 153 cm³/mol. The molecule has 12 heteroatoms. The summed E-state index contributed by atoms with van der Waals surface area (Å²) in [5.74, 6) is -1.09. The minimum atomic E-state index is -3.36. The van der Waals surface area contributed by atoms with Crippen LogP contribution in [0, 0.1) is 0 Å². The molecule has 5 rings (SSSR count). The van der Waals surface area contributed by atoms with Crippen LogP contribution in [-0.2, 0) is 24.1 Å². The highest BCUT2D eigenvalue weighted by atomic mass is 35.5. The van der Waals surface area contributed by atoms with E-state index >= 15 is 0 Å². The van der Waals surface area contributed by atoms with Gasteiger partial charge in [-0.1, -0.05) is 23.7 Å². The number of carbonyl (C=O) groups is 1. The number of imidazole rings is 1. The van der Waals surface area contributed by atoms with Gasteiger partial charge in [0.25, 0.3) is 0 Å². The van der Waals surface area contributed by atoms with Gasteiger partial charge in [0.2, 0.25) is 0 Å². The highest BCUT2D eigenvalue weighted by Gasteiger charge is 2.39. The fraction of sp³-hybridized carbons (Fsp3) is 0.333. The first-order valence-electron chi connectivity index (χ1n) is 13.1. The van der Waals surface area contributed by atoms with Crippen LogP contribution in [0.25, 0.3) is 16.8 Å². The van der Waals surface area contributed by atoms with E-state index in [9.17, 15) is 22.0 Å². The summed E-state index contributed by atoms with van der Waals surface area (Å²) in [4.78, 5) is 17.4. The lowest BCUT2D eigenvalue weighted by molar-refractivity contribution is -0.162. The normalized spacial score (nSPS) is 17.0. The number of ether oxygens (including phenoxy) is 3. The van der Waals surface area contributed by atoms with E-state index in [0.29, 0.717) is 27.6 Å². The number of pyridine rings is 1. The van der Waals surface area contributed by atoms with E-state index in [0.717, 1.165) is 17.4 Å². The number of alkyl halides is 2. The van der Waals surface area contributed by atoms with E-state index < -0.39 is 40.0 Å². The van der Waals surface area contributed by atoms with Crippen molar-refractivity contribution in [2.75, 3.05) is 12.9 Å².